The van der Waals surface area contributed by atoms with Gasteiger partial charge in [0.15, 0.2) is 0 Å². The summed E-state index contributed by atoms with van der Waals surface area (Å²) in [6.07, 6.45) is 0. The van der Waals surface area contributed by atoms with Gasteiger partial charge in [0, 0.05) is 17.1 Å². The van der Waals surface area contributed by atoms with Crippen molar-refractivity contribution >= 4 is 9.29 Å². The number of hydrogen-bond acceptors (Lipinski definition) is 2. The molecule has 0 aliphatic carbocycles. The van der Waals surface area contributed by atoms with Gasteiger partial charge in [0.2, 0.25) is 0 Å². The van der Waals surface area contributed by atoms with Gasteiger partial charge in [0.25, 0.3) is 0 Å². The number of rotatable bonds is 0. The Morgan fingerprint density at radius 3 is 1.25 bits per heavy atom. The normalized spacial score (nSPS) is 2.00. The van der Waals surface area contributed by atoms with Crippen molar-refractivity contribution in [2.24, 2.45) is 0 Å². The molecule has 4 heavy (non-hydrogen) atoms. The molecule has 0 N–H and O–H groups in total. The van der Waals surface area contributed by atoms with E-state index in [0.29, 0.717) is 0 Å². The molecule has 0 aliphatic rings. The summed E-state index contributed by atoms with van der Waals surface area (Å²) in [5.74, 6) is 0. The van der Waals surface area contributed by atoms with E-state index in [-0.39, 0.29) is 17.1 Å². The Balaban J connectivity index is 0. The SMILES string of the molecule is O=[Si]=O.[Fe]. The standard InChI is InChI=1S/Fe.O2Si/c;1-3-2. The van der Waals surface area contributed by atoms with Crippen LogP contribution in [0.15, 0.2) is 0 Å². The molecular weight excluding hydrogens is 116 g/mol. The molecule has 0 aromatic carbocycles. The van der Waals surface area contributed by atoms with E-state index < -0.39 is 9.29 Å². The predicted octanol–water partition coefficient (Wildman–Crippen LogP) is -0.621. The molecule has 0 heterocycles. The van der Waals surface area contributed by atoms with Crippen LogP contribution in [0, 0.1) is 0 Å². The molecule has 0 aromatic heterocycles. The van der Waals surface area contributed by atoms with Crippen molar-refractivity contribution in [2.45, 2.75) is 0 Å². The minimum Gasteiger partial charge on any atom is -0.274 e. The van der Waals surface area contributed by atoms with Crippen LogP contribution in [-0.2, 0) is 26.0 Å². The van der Waals surface area contributed by atoms with Gasteiger partial charge < -0.3 is 0 Å². The summed E-state index contributed by atoms with van der Waals surface area (Å²) in [7, 11) is -1.42. The molecule has 0 saturated carbocycles. The second-order valence-corrected chi connectivity index (χ2v) is 0.250. The van der Waals surface area contributed by atoms with Gasteiger partial charge in [-0.15, -0.1) is 0 Å². The summed E-state index contributed by atoms with van der Waals surface area (Å²) >= 11 is 0. The average molecular weight is 116 g/mol. The molecule has 0 amide bonds. The molecule has 0 atom stereocenters. The fraction of sp³-hybridized carbons (Fsp3) is 0. The molecule has 0 unspecified atom stereocenters. The summed E-state index contributed by atoms with van der Waals surface area (Å²) in [6, 6.07) is 0. The zero-order valence-electron chi connectivity index (χ0n) is 1.67. The molecule has 0 aromatic rings. The maximum atomic E-state index is 8.40. The first-order valence-corrected chi connectivity index (χ1v) is 1.22. The van der Waals surface area contributed by atoms with Crippen LogP contribution in [0.1, 0.15) is 0 Å². The fourth-order valence-electron chi connectivity index (χ4n) is 0. The zero-order chi connectivity index (χ0) is 2.71. The van der Waals surface area contributed by atoms with Crippen molar-refractivity contribution < 1.29 is 26.0 Å². The van der Waals surface area contributed by atoms with E-state index in [2.05, 4.69) is 0 Å². The largest absolute Gasteiger partial charge is 0.549 e. The second kappa shape index (κ2) is 10.2. The maximum absolute atomic E-state index is 8.40. The monoisotopic (exact) mass is 116 g/mol. The molecule has 2 nitrogen and oxygen atoms in total. The van der Waals surface area contributed by atoms with Crippen LogP contribution in [0.5, 0.6) is 0 Å². The quantitative estimate of drug-likeness (QED) is 0.395. The summed E-state index contributed by atoms with van der Waals surface area (Å²) in [5.41, 5.74) is 0. The van der Waals surface area contributed by atoms with Gasteiger partial charge >= 0.3 is 9.29 Å². The van der Waals surface area contributed by atoms with Gasteiger partial charge in [-0.05, 0) is 0 Å². The van der Waals surface area contributed by atoms with Crippen molar-refractivity contribution in [3.63, 3.8) is 0 Å². The molecule has 0 rings (SSSR count). The smallest absolute Gasteiger partial charge is 0.274 e. The summed E-state index contributed by atoms with van der Waals surface area (Å²) in [5, 5.41) is 0. The first-order chi connectivity index (χ1) is 1.41. The minimum atomic E-state index is -1.42. The van der Waals surface area contributed by atoms with Gasteiger partial charge in [0.1, 0.15) is 0 Å². The molecule has 4 heteroatoms. The topological polar surface area (TPSA) is 34.1 Å². The van der Waals surface area contributed by atoms with E-state index in [1.807, 2.05) is 0 Å². The van der Waals surface area contributed by atoms with Gasteiger partial charge in [-0.1, -0.05) is 0 Å². The maximum Gasteiger partial charge on any atom is 0.549 e. The van der Waals surface area contributed by atoms with E-state index in [1.54, 1.807) is 0 Å². The van der Waals surface area contributed by atoms with E-state index in [1.165, 1.54) is 0 Å². The Morgan fingerprint density at radius 1 is 1.25 bits per heavy atom. The van der Waals surface area contributed by atoms with Gasteiger partial charge in [-0.25, -0.2) is 0 Å². The predicted molar refractivity (Wildman–Crippen MR) is 7.13 cm³/mol. The zero-order valence-corrected chi connectivity index (χ0v) is 3.77. The van der Waals surface area contributed by atoms with E-state index in [0.717, 1.165) is 0 Å². The van der Waals surface area contributed by atoms with Crippen molar-refractivity contribution in [1.29, 1.82) is 0 Å². The van der Waals surface area contributed by atoms with Crippen molar-refractivity contribution in [3.05, 3.63) is 0 Å². The van der Waals surface area contributed by atoms with Crippen LogP contribution in [-0.4, -0.2) is 9.29 Å². The molecule has 0 spiro atoms. The van der Waals surface area contributed by atoms with E-state index >= 15 is 0 Å². The molecule has 0 saturated heterocycles. The van der Waals surface area contributed by atoms with Crippen LogP contribution in [0.3, 0.4) is 0 Å². The summed E-state index contributed by atoms with van der Waals surface area (Å²) < 4.78 is 16.8. The van der Waals surface area contributed by atoms with Gasteiger partial charge in [-0.3, -0.25) is 8.92 Å². The molecule has 24 valence electrons. The first kappa shape index (κ1) is 8.84. The van der Waals surface area contributed by atoms with Gasteiger partial charge in [-0.2, -0.15) is 0 Å². The number of hydrogen-bond donors (Lipinski definition) is 0. The second-order valence-electron chi connectivity index (χ2n) is 0.0833. The molecular formula is FeO2Si. The third-order valence-electron chi connectivity index (χ3n) is 0. The van der Waals surface area contributed by atoms with Crippen molar-refractivity contribution in [2.75, 3.05) is 0 Å². The Bertz CT molecular complexity index is 27.0. The van der Waals surface area contributed by atoms with Crippen LogP contribution in [0.4, 0.5) is 0 Å². The molecule has 0 bridgehead atoms. The van der Waals surface area contributed by atoms with E-state index in [9.17, 15) is 0 Å². The Morgan fingerprint density at radius 2 is 1.25 bits per heavy atom. The Hall–Kier alpha value is 0.336. The van der Waals surface area contributed by atoms with Crippen molar-refractivity contribution in [3.8, 4) is 0 Å². The Labute approximate surface area is 36.0 Å². The minimum absolute atomic E-state index is 0. The Kier molecular flexibility index (Phi) is 22.5. The summed E-state index contributed by atoms with van der Waals surface area (Å²) in [6.45, 7) is 0. The fourth-order valence-corrected chi connectivity index (χ4v) is 0. The van der Waals surface area contributed by atoms with E-state index in [4.69, 9.17) is 8.92 Å². The van der Waals surface area contributed by atoms with Crippen molar-refractivity contribution in [1.82, 2.24) is 0 Å². The van der Waals surface area contributed by atoms with Gasteiger partial charge in [0.05, 0.1) is 0 Å². The van der Waals surface area contributed by atoms with Crippen LogP contribution >= 0.6 is 0 Å². The van der Waals surface area contributed by atoms with Crippen LogP contribution < -0.4 is 0 Å². The average Bonchev–Trinajstić information content (AvgIpc) is 0.918. The third kappa shape index (κ3) is 36.9. The third-order valence-corrected chi connectivity index (χ3v) is 0. The first-order valence-electron chi connectivity index (χ1n) is 0.408. The molecule has 0 aliphatic heterocycles. The summed E-state index contributed by atoms with van der Waals surface area (Å²) in [4.78, 5) is 0. The molecule has 0 radical (unpaired) electrons. The molecule has 0 fully saturated rings. The van der Waals surface area contributed by atoms with Crippen LogP contribution in [0.25, 0.3) is 0 Å². The van der Waals surface area contributed by atoms with Crippen LogP contribution in [0.2, 0.25) is 0 Å².